The minimum absolute atomic E-state index is 0.288. The highest BCUT2D eigenvalue weighted by molar-refractivity contribution is 6.00. The van der Waals surface area contributed by atoms with E-state index in [1.165, 1.54) is 7.11 Å². The summed E-state index contributed by atoms with van der Waals surface area (Å²) in [7, 11) is 1.37. The van der Waals surface area contributed by atoms with Gasteiger partial charge >= 0.3 is 5.97 Å². The molecule has 0 aliphatic carbocycles. The standard InChI is InChI=1S/C29H24N4O3/c1-36-29(35)23-10-6-8-21(16-23)19-33-20-24(26-12-2-3-13-27(26)33)18-30-31-28(34)22-9-7-11-25(17-22)32-14-4-5-15-32/h2-18,20H,19H2,1H3,(H,31,34). The van der Waals surface area contributed by atoms with Crippen molar-refractivity contribution < 1.29 is 14.3 Å². The second-order valence-corrected chi connectivity index (χ2v) is 8.26. The molecule has 0 saturated carbocycles. The molecule has 7 heteroatoms. The van der Waals surface area contributed by atoms with Gasteiger partial charge < -0.3 is 13.9 Å². The summed E-state index contributed by atoms with van der Waals surface area (Å²) in [6.45, 7) is 0.567. The lowest BCUT2D eigenvalue weighted by Crippen LogP contribution is -2.17. The summed E-state index contributed by atoms with van der Waals surface area (Å²) in [5.41, 5.74) is 7.42. The van der Waals surface area contributed by atoms with E-state index in [1.54, 1.807) is 18.3 Å². The second-order valence-electron chi connectivity index (χ2n) is 8.26. The number of esters is 1. The van der Waals surface area contributed by atoms with Gasteiger partial charge in [-0.05, 0) is 54.1 Å². The van der Waals surface area contributed by atoms with Gasteiger partial charge in [-0.1, -0.05) is 36.4 Å². The van der Waals surface area contributed by atoms with Crippen LogP contribution in [0.25, 0.3) is 16.6 Å². The molecule has 2 heterocycles. The number of ether oxygens (including phenoxy) is 1. The monoisotopic (exact) mass is 476 g/mol. The predicted octanol–water partition coefficient (Wildman–Crippen LogP) is 5.03. The Kier molecular flexibility index (Phi) is 6.44. The van der Waals surface area contributed by atoms with Crippen LogP contribution in [0.2, 0.25) is 0 Å². The Balaban J connectivity index is 1.35. The van der Waals surface area contributed by atoms with Crippen molar-refractivity contribution in [2.75, 3.05) is 7.11 Å². The third-order valence-corrected chi connectivity index (χ3v) is 5.90. The number of hydrogen-bond donors (Lipinski definition) is 1. The summed E-state index contributed by atoms with van der Waals surface area (Å²) in [6.07, 6.45) is 7.49. The van der Waals surface area contributed by atoms with Crippen LogP contribution in [0.1, 0.15) is 31.8 Å². The molecule has 1 amide bonds. The number of hydrazone groups is 1. The number of rotatable bonds is 7. The first-order valence-electron chi connectivity index (χ1n) is 11.4. The first-order chi connectivity index (χ1) is 17.6. The van der Waals surface area contributed by atoms with Gasteiger partial charge in [0, 0.05) is 52.9 Å². The number of methoxy groups -OCH3 is 1. The Morgan fingerprint density at radius 2 is 1.69 bits per heavy atom. The highest BCUT2D eigenvalue weighted by Gasteiger charge is 2.10. The minimum Gasteiger partial charge on any atom is -0.465 e. The smallest absolute Gasteiger partial charge is 0.337 e. The molecule has 0 fully saturated rings. The van der Waals surface area contributed by atoms with Crippen molar-refractivity contribution in [2.24, 2.45) is 5.10 Å². The fraction of sp³-hybridized carbons (Fsp3) is 0.0690. The molecular weight excluding hydrogens is 452 g/mol. The van der Waals surface area contributed by atoms with Crippen LogP contribution in [0.5, 0.6) is 0 Å². The lowest BCUT2D eigenvalue weighted by Gasteiger charge is -2.07. The van der Waals surface area contributed by atoms with Crippen molar-refractivity contribution in [2.45, 2.75) is 6.54 Å². The number of fused-ring (bicyclic) bond motifs is 1. The summed E-state index contributed by atoms with van der Waals surface area (Å²) in [5, 5.41) is 5.23. The number of amides is 1. The van der Waals surface area contributed by atoms with Gasteiger partial charge in [0.05, 0.1) is 18.9 Å². The molecule has 0 saturated heterocycles. The fourth-order valence-corrected chi connectivity index (χ4v) is 4.16. The number of aromatic nitrogens is 2. The summed E-state index contributed by atoms with van der Waals surface area (Å²) in [4.78, 5) is 24.6. The van der Waals surface area contributed by atoms with E-state index in [4.69, 9.17) is 4.74 Å². The SMILES string of the molecule is COC(=O)c1cccc(Cn2cc(C=NNC(=O)c3cccc(-n4cccc4)c3)c3ccccc32)c1. The van der Waals surface area contributed by atoms with Crippen molar-refractivity contribution >= 4 is 29.0 Å². The van der Waals surface area contributed by atoms with Crippen molar-refractivity contribution in [1.82, 2.24) is 14.6 Å². The number of hydrogen-bond acceptors (Lipinski definition) is 4. The number of nitrogens with zero attached hydrogens (tertiary/aromatic N) is 3. The summed E-state index contributed by atoms with van der Waals surface area (Å²) < 4.78 is 8.87. The maximum Gasteiger partial charge on any atom is 0.337 e. The summed E-state index contributed by atoms with van der Waals surface area (Å²) in [6, 6.07) is 26.6. The largest absolute Gasteiger partial charge is 0.465 e. The van der Waals surface area contributed by atoms with E-state index in [-0.39, 0.29) is 11.9 Å². The number of carbonyl (C=O) groups is 2. The quantitative estimate of drug-likeness (QED) is 0.203. The zero-order chi connectivity index (χ0) is 24.9. The average Bonchev–Trinajstić information content (AvgIpc) is 3.58. The van der Waals surface area contributed by atoms with Crippen LogP contribution in [0.15, 0.2) is 109 Å². The van der Waals surface area contributed by atoms with Gasteiger partial charge in [-0.2, -0.15) is 5.10 Å². The molecule has 0 spiro atoms. The lowest BCUT2D eigenvalue weighted by molar-refractivity contribution is 0.0600. The molecule has 0 atom stereocenters. The molecule has 1 N–H and O–H groups in total. The molecule has 0 unspecified atom stereocenters. The number of carbonyl (C=O) groups excluding carboxylic acids is 2. The Labute approximate surface area is 208 Å². The van der Waals surface area contributed by atoms with Crippen LogP contribution in [-0.4, -0.2) is 34.3 Å². The van der Waals surface area contributed by atoms with Crippen LogP contribution in [0.3, 0.4) is 0 Å². The van der Waals surface area contributed by atoms with Crippen molar-refractivity contribution in [3.8, 4) is 5.69 Å². The van der Waals surface area contributed by atoms with Gasteiger partial charge in [-0.3, -0.25) is 4.79 Å². The van der Waals surface area contributed by atoms with Gasteiger partial charge in [0.25, 0.3) is 5.91 Å². The molecule has 7 nitrogen and oxygen atoms in total. The normalized spacial score (nSPS) is 11.1. The molecule has 178 valence electrons. The first-order valence-corrected chi connectivity index (χ1v) is 11.4. The molecule has 0 bridgehead atoms. The molecule has 0 aliphatic heterocycles. The van der Waals surface area contributed by atoms with Crippen LogP contribution in [-0.2, 0) is 11.3 Å². The molecule has 3 aromatic carbocycles. The zero-order valence-electron chi connectivity index (χ0n) is 19.7. The second kappa shape index (κ2) is 10.1. The topological polar surface area (TPSA) is 77.6 Å². The predicted molar refractivity (Wildman–Crippen MR) is 140 cm³/mol. The molecular formula is C29H24N4O3. The number of para-hydroxylation sites is 1. The summed E-state index contributed by atoms with van der Waals surface area (Å²) >= 11 is 0. The average molecular weight is 477 g/mol. The summed E-state index contributed by atoms with van der Waals surface area (Å²) in [5.74, 6) is -0.653. The molecule has 36 heavy (non-hydrogen) atoms. The van der Waals surface area contributed by atoms with E-state index >= 15 is 0 Å². The number of nitrogens with one attached hydrogen (secondary N) is 1. The van der Waals surface area contributed by atoms with E-state index < -0.39 is 0 Å². The van der Waals surface area contributed by atoms with Crippen LogP contribution in [0, 0.1) is 0 Å². The lowest BCUT2D eigenvalue weighted by atomic mass is 10.1. The van der Waals surface area contributed by atoms with Crippen molar-refractivity contribution in [3.63, 3.8) is 0 Å². The van der Waals surface area contributed by atoms with E-state index in [0.29, 0.717) is 17.7 Å². The first kappa shape index (κ1) is 22.9. The van der Waals surface area contributed by atoms with E-state index in [2.05, 4.69) is 15.1 Å². The fourth-order valence-electron chi connectivity index (χ4n) is 4.16. The van der Waals surface area contributed by atoms with E-state index in [0.717, 1.165) is 27.7 Å². The maximum atomic E-state index is 12.7. The van der Waals surface area contributed by atoms with Gasteiger partial charge in [0.1, 0.15) is 0 Å². The van der Waals surface area contributed by atoms with E-state index in [9.17, 15) is 9.59 Å². The van der Waals surface area contributed by atoms with Crippen molar-refractivity contribution in [1.29, 1.82) is 0 Å². The highest BCUT2D eigenvalue weighted by Crippen LogP contribution is 2.22. The third kappa shape index (κ3) is 4.81. The van der Waals surface area contributed by atoms with Crippen LogP contribution < -0.4 is 5.43 Å². The molecule has 0 aliphatic rings. The zero-order valence-corrected chi connectivity index (χ0v) is 19.7. The van der Waals surface area contributed by atoms with E-state index in [1.807, 2.05) is 96.0 Å². The van der Waals surface area contributed by atoms with Crippen molar-refractivity contribution in [3.05, 3.63) is 126 Å². The molecule has 5 rings (SSSR count). The van der Waals surface area contributed by atoms with Gasteiger partial charge in [-0.25, -0.2) is 10.2 Å². The molecule has 0 radical (unpaired) electrons. The Hall–Kier alpha value is -4.91. The molecule has 5 aromatic rings. The van der Waals surface area contributed by atoms with Gasteiger partial charge in [0.15, 0.2) is 0 Å². The van der Waals surface area contributed by atoms with Gasteiger partial charge in [-0.15, -0.1) is 0 Å². The minimum atomic E-state index is -0.364. The maximum absolute atomic E-state index is 12.7. The van der Waals surface area contributed by atoms with Gasteiger partial charge in [0.2, 0.25) is 0 Å². The Morgan fingerprint density at radius 1 is 0.917 bits per heavy atom. The van der Waals surface area contributed by atoms with Crippen LogP contribution in [0.4, 0.5) is 0 Å². The Morgan fingerprint density at radius 3 is 2.53 bits per heavy atom. The third-order valence-electron chi connectivity index (χ3n) is 5.90. The molecule has 2 aromatic heterocycles. The van der Waals surface area contributed by atoms with Crippen LogP contribution >= 0.6 is 0 Å². The number of benzene rings is 3. The Bertz CT molecular complexity index is 1560. The highest BCUT2D eigenvalue weighted by atomic mass is 16.5.